The Bertz CT molecular complexity index is 369. The topological polar surface area (TPSA) is 61.8 Å². The van der Waals surface area contributed by atoms with Crippen LogP contribution in [0.15, 0.2) is 9.66 Å². The van der Waals surface area contributed by atoms with Crippen molar-refractivity contribution in [1.82, 2.24) is 0 Å². The Morgan fingerprint density at radius 3 is 2.61 bits per heavy atom. The summed E-state index contributed by atoms with van der Waals surface area (Å²) in [5, 5.41) is 0. The minimum absolute atomic E-state index is 0.0882. The number of hydrogen-bond acceptors (Lipinski definition) is 5. The molecule has 5 nitrogen and oxygen atoms in total. The molecule has 0 saturated heterocycles. The number of carbonyl (C=O) groups is 2. The summed E-state index contributed by atoms with van der Waals surface area (Å²) in [5.74, 6) is -0.553. The van der Waals surface area contributed by atoms with Crippen LogP contribution in [0.25, 0.3) is 0 Å². The summed E-state index contributed by atoms with van der Waals surface area (Å²) < 4.78 is 16.0. The molecule has 0 aromatic rings. The number of hydrogen-bond donors (Lipinski definition) is 0. The SMILES string of the molecule is CO[C@@H]1C=C(I)C(=O)[C@@H](COC(=O)C(C)(C)C)O1. The third kappa shape index (κ3) is 4.03. The van der Waals surface area contributed by atoms with E-state index in [0.717, 1.165) is 0 Å². The second-order valence-corrected chi connectivity index (χ2v) is 6.12. The summed E-state index contributed by atoms with van der Waals surface area (Å²) in [4.78, 5) is 23.4. The molecule has 0 aliphatic carbocycles. The highest BCUT2D eigenvalue weighted by atomic mass is 127. The molecule has 0 fully saturated rings. The first-order valence-corrected chi connectivity index (χ1v) is 6.60. The first kappa shape index (κ1) is 15.6. The molecule has 6 heteroatoms. The van der Waals surface area contributed by atoms with Crippen molar-refractivity contribution in [2.24, 2.45) is 5.41 Å². The van der Waals surface area contributed by atoms with Gasteiger partial charge in [-0.2, -0.15) is 0 Å². The second kappa shape index (κ2) is 6.12. The standard InChI is InChI=1S/C12H17IO5/c1-12(2,3)11(15)17-6-8-10(14)7(13)5-9(16-4)18-8/h5,8-9H,6H2,1-4H3/t8-,9+/m1/s1. The molecule has 0 radical (unpaired) electrons. The van der Waals surface area contributed by atoms with E-state index in [1.165, 1.54) is 7.11 Å². The van der Waals surface area contributed by atoms with E-state index in [-0.39, 0.29) is 18.4 Å². The summed E-state index contributed by atoms with van der Waals surface area (Å²) in [6, 6.07) is 0. The monoisotopic (exact) mass is 368 g/mol. The first-order valence-electron chi connectivity index (χ1n) is 5.52. The zero-order valence-corrected chi connectivity index (χ0v) is 13.0. The lowest BCUT2D eigenvalue weighted by atomic mass is 9.97. The van der Waals surface area contributed by atoms with Gasteiger partial charge in [-0.3, -0.25) is 9.59 Å². The predicted molar refractivity (Wildman–Crippen MR) is 73.2 cm³/mol. The van der Waals surface area contributed by atoms with Crippen LogP contribution < -0.4 is 0 Å². The average molecular weight is 368 g/mol. The fourth-order valence-electron chi connectivity index (χ4n) is 1.22. The molecule has 0 unspecified atom stereocenters. The third-order valence-corrected chi connectivity index (χ3v) is 3.21. The second-order valence-electron chi connectivity index (χ2n) is 4.96. The number of carbonyl (C=O) groups excluding carboxylic acids is 2. The Morgan fingerprint density at radius 2 is 2.11 bits per heavy atom. The molecule has 0 saturated carbocycles. The van der Waals surface area contributed by atoms with Gasteiger partial charge in [0.1, 0.15) is 6.61 Å². The number of Topliss-reactive ketones (excluding diaryl/α,β-unsaturated/α-hetero) is 1. The minimum Gasteiger partial charge on any atom is -0.462 e. The van der Waals surface area contributed by atoms with Gasteiger partial charge in [0.25, 0.3) is 0 Å². The summed E-state index contributed by atoms with van der Waals surface area (Å²) in [6.07, 6.45) is 0.219. The van der Waals surface area contributed by atoms with E-state index in [4.69, 9.17) is 14.2 Å². The van der Waals surface area contributed by atoms with Crippen molar-refractivity contribution in [2.75, 3.05) is 13.7 Å². The van der Waals surface area contributed by atoms with Gasteiger partial charge in [-0.25, -0.2) is 0 Å². The summed E-state index contributed by atoms with van der Waals surface area (Å²) in [5.41, 5.74) is -0.596. The van der Waals surface area contributed by atoms with Crippen molar-refractivity contribution in [3.63, 3.8) is 0 Å². The van der Waals surface area contributed by atoms with Crippen LogP contribution in [-0.2, 0) is 23.8 Å². The van der Waals surface area contributed by atoms with Crippen molar-refractivity contribution in [3.8, 4) is 0 Å². The van der Waals surface area contributed by atoms with E-state index in [2.05, 4.69) is 0 Å². The van der Waals surface area contributed by atoms with Gasteiger partial charge in [0.15, 0.2) is 12.4 Å². The number of ether oxygens (including phenoxy) is 3. The smallest absolute Gasteiger partial charge is 0.311 e. The normalized spacial score (nSPS) is 24.7. The van der Waals surface area contributed by atoms with E-state index < -0.39 is 17.8 Å². The van der Waals surface area contributed by atoms with Crippen molar-refractivity contribution < 1.29 is 23.8 Å². The Balaban J connectivity index is 2.61. The Morgan fingerprint density at radius 1 is 1.50 bits per heavy atom. The van der Waals surface area contributed by atoms with Crippen LogP contribution in [0.4, 0.5) is 0 Å². The number of methoxy groups -OCH3 is 1. The molecule has 0 bridgehead atoms. The van der Waals surface area contributed by atoms with Crippen molar-refractivity contribution in [1.29, 1.82) is 0 Å². The molecular formula is C12H17IO5. The molecule has 102 valence electrons. The van der Waals surface area contributed by atoms with Crippen LogP contribution >= 0.6 is 22.6 Å². The van der Waals surface area contributed by atoms with E-state index in [1.807, 2.05) is 22.6 Å². The number of halogens is 1. The van der Waals surface area contributed by atoms with E-state index in [0.29, 0.717) is 3.58 Å². The Kier molecular flexibility index (Phi) is 5.30. The molecule has 0 aromatic carbocycles. The molecule has 0 spiro atoms. The quantitative estimate of drug-likeness (QED) is 0.562. The molecule has 1 rings (SSSR count). The lowest BCUT2D eigenvalue weighted by Crippen LogP contribution is -2.39. The van der Waals surface area contributed by atoms with Gasteiger partial charge in [0.2, 0.25) is 5.78 Å². The predicted octanol–water partition coefficient (Wildman–Crippen LogP) is 1.83. The molecule has 1 heterocycles. The number of esters is 1. The van der Waals surface area contributed by atoms with Gasteiger partial charge in [0, 0.05) is 7.11 Å². The van der Waals surface area contributed by atoms with Gasteiger partial charge >= 0.3 is 5.97 Å². The molecule has 18 heavy (non-hydrogen) atoms. The van der Waals surface area contributed by atoms with Crippen LogP contribution in [0.5, 0.6) is 0 Å². The van der Waals surface area contributed by atoms with E-state index in [1.54, 1.807) is 26.8 Å². The van der Waals surface area contributed by atoms with Gasteiger partial charge in [0.05, 0.1) is 8.99 Å². The fraction of sp³-hybridized carbons (Fsp3) is 0.667. The Hall–Kier alpha value is -0.470. The molecular weight excluding hydrogens is 351 g/mol. The van der Waals surface area contributed by atoms with Crippen molar-refractivity contribution in [2.45, 2.75) is 33.2 Å². The van der Waals surface area contributed by atoms with Gasteiger partial charge < -0.3 is 14.2 Å². The van der Waals surface area contributed by atoms with E-state index >= 15 is 0 Å². The summed E-state index contributed by atoms with van der Waals surface area (Å²) in [6.45, 7) is 5.16. The zero-order chi connectivity index (χ0) is 13.9. The minimum atomic E-state index is -0.793. The summed E-state index contributed by atoms with van der Waals surface area (Å²) >= 11 is 1.92. The lowest BCUT2D eigenvalue weighted by molar-refractivity contribution is -0.174. The number of ketones is 1. The van der Waals surface area contributed by atoms with Crippen molar-refractivity contribution in [3.05, 3.63) is 9.66 Å². The average Bonchev–Trinajstić information content (AvgIpc) is 2.29. The van der Waals surface area contributed by atoms with Crippen LogP contribution in [-0.4, -0.2) is 37.9 Å². The number of rotatable bonds is 3. The van der Waals surface area contributed by atoms with Gasteiger partial charge in [-0.05, 0) is 49.4 Å². The molecule has 0 aromatic heterocycles. The maximum atomic E-state index is 11.8. The van der Waals surface area contributed by atoms with Gasteiger partial charge in [-0.1, -0.05) is 0 Å². The highest BCUT2D eigenvalue weighted by Crippen LogP contribution is 2.22. The fourth-order valence-corrected chi connectivity index (χ4v) is 1.87. The molecule has 1 aliphatic rings. The lowest BCUT2D eigenvalue weighted by Gasteiger charge is -2.26. The summed E-state index contributed by atoms with van der Waals surface area (Å²) in [7, 11) is 1.49. The molecule has 2 atom stereocenters. The van der Waals surface area contributed by atoms with Crippen LogP contribution in [0, 0.1) is 5.41 Å². The zero-order valence-electron chi connectivity index (χ0n) is 10.9. The van der Waals surface area contributed by atoms with Crippen LogP contribution in [0.3, 0.4) is 0 Å². The van der Waals surface area contributed by atoms with E-state index in [9.17, 15) is 9.59 Å². The highest BCUT2D eigenvalue weighted by molar-refractivity contribution is 14.1. The maximum absolute atomic E-state index is 11.8. The molecule has 1 aliphatic heterocycles. The third-order valence-electron chi connectivity index (χ3n) is 2.32. The molecule has 0 N–H and O–H groups in total. The van der Waals surface area contributed by atoms with Crippen molar-refractivity contribution >= 4 is 34.3 Å². The highest BCUT2D eigenvalue weighted by Gasteiger charge is 2.32. The largest absolute Gasteiger partial charge is 0.462 e. The van der Waals surface area contributed by atoms with Gasteiger partial charge in [-0.15, -0.1) is 0 Å². The maximum Gasteiger partial charge on any atom is 0.311 e. The first-order chi connectivity index (χ1) is 8.25. The molecule has 0 amide bonds. The van der Waals surface area contributed by atoms with Crippen LogP contribution in [0.1, 0.15) is 20.8 Å². The van der Waals surface area contributed by atoms with Crippen LogP contribution in [0.2, 0.25) is 0 Å². The Labute approximate surface area is 120 Å².